The van der Waals surface area contributed by atoms with Crippen molar-refractivity contribution >= 4 is 22.6 Å². The minimum atomic E-state index is -0.250. The monoisotopic (exact) mass is 281 g/mol. The van der Waals surface area contributed by atoms with Crippen LogP contribution in [-0.4, -0.2) is 13.2 Å². The summed E-state index contributed by atoms with van der Waals surface area (Å²) in [6.45, 7) is 0.926. The molecule has 0 saturated heterocycles. The maximum Gasteiger partial charge on any atom is 0.132 e. The Morgan fingerprint density at radius 1 is 1.50 bits per heavy atom. The van der Waals surface area contributed by atoms with Crippen molar-refractivity contribution in [3.8, 4) is 5.75 Å². The summed E-state index contributed by atoms with van der Waals surface area (Å²) in [5, 5.41) is 0. The third-order valence-corrected chi connectivity index (χ3v) is 2.11. The molecule has 0 radical (unpaired) electrons. The fourth-order valence-electron chi connectivity index (χ4n) is 0.761. The molecular formula is C8H9FINO. The van der Waals surface area contributed by atoms with Crippen molar-refractivity contribution in [3.63, 3.8) is 0 Å². The number of ether oxygens (including phenoxy) is 1. The van der Waals surface area contributed by atoms with Crippen LogP contribution < -0.4 is 10.5 Å². The molecule has 12 heavy (non-hydrogen) atoms. The molecule has 0 saturated carbocycles. The van der Waals surface area contributed by atoms with E-state index in [4.69, 9.17) is 10.5 Å². The molecule has 0 aliphatic heterocycles. The van der Waals surface area contributed by atoms with Crippen LogP contribution in [0.2, 0.25) is 0 Å². The van der Waals surface area contributed by atoms with Gasteiger partial charge in [0.2, 0.25) is 0 Å². The van der Waals surface area contributed by atoms with Crippen LogP contribution in [0.25, 0.3) is 0 Å². The number of halogens is 2. The summed E-state index contributed by atoms with van der Waals surface area (Å²) in [5.74, 6) is 0.432. The Morgan fingerprint density at radius 2 is 2.25 bits per heavy atom. The predicted molar refractivity (Wildman–Crippen MR) is 53.7 cm³/mol. The van der Waals surface area contributed by atoms with Crippen molar-refractivity contribution < 1.29 is 9.13 Å². The maximum absolute atomic E-state index is 12.6. The van der Waals surface area contributed by atoms with E-state index in [9.17, 15) is 4.39 Å². The van der Waals surface area contributed by atoms with E-state index in [0.29, 0.717) is 18.9 Å². The predicted octanol–water partition coefficient (Wildman–Crippen LogP) is 1.77. The lowest BCUT2D eigenvalue weighted by atomic mass is 10.3. The average Bonchev–Trinajstić information content (AvgIpc) is 2.03. The molecule has 0 unspecified atom stereocenters. The number of nitrogens with two attached hydrogens (primary N) is 1. The van der Waals surface area contributed by atoms with Gasteiger partial charge < -0.3 is 10.5 Å². The molecule has 0 amide bonds. The highest BCUT2D eigenvalue weighted by molar-refractivity contribution is 14.1. The third-order valence-electron chi connectivity index (χ3n) is 1.27. The van der Waals surface area contributed by atoms with E-state index in [1.54, 1.807) is 6.07 Å². The standard InChI is InChI=1S/C8H9FINO/c9-6-1-2-8(7(10)5-6)12-4-3-11/h1-2,5H,3-4,11H2. The first-order chi connectivity index (χ1) is 5.74. The Balaban J connectivity index is 2.72. The van der Waals surface area contributed by atoms with Crippen LogP contribution >= 0.6 is 22.6 Å². The Labute approximate surface area is 84.0 Å². The summed E-state index contributed by atoms with van der Waals surface area (Å²) in [7, 11) is 0. The molecular weight excluding hydrogens is 272 g/mol. The zero-order chi connectivity index (χ0) is 8.97. The second kappa shape index (κ2) is 4.61. The van der Waals surface area contributed by atoms with Crippen LogP contribution in [0.4, 0.5) is 4.39 Å². The summed E-state index contributed by atoms with van der Waals surface area (Å²) < 4.78 is 18.6. The molecule has 2 N–H and O–H groups in total. The summed E-state index contributed by atoms with van der Waals surface area (Å²) in [5.41, 5.74) is 5.25. The van der Waals surface area contributed by atoms with Gasteiger partial charge in [-0.15, -0.1) is 0 Å². The Morgan fingerprint density at radius 3 is 2.83 bits per heavy atom. The highest BCUT2D eigenvalue weighted by Gasteiger charge is 2.00. The van der Waals surface area contributed by atoms with E-state index in [2.05, 4.69) is 0 Å². The van der Waals surface area contributed by atoms with Crippen LogP contribution in [0, 0.1) is 9.39 Å². The molecule has 4 heteroatoms. The van der Waals surface area contributed by atoms with Crippen LogP contribution in [0.15, 0.2) is 18.2 Å². The average molecular weight is 281 g/mol. The molecule has 0 fully saturated rings. The van der Waals surface area contributed by atoms with Gasteiger partial charge in [-0.2, -0.15) is 0 Å². The number of hydrogen-bond donors (Lipinski definition) is 1. The van der Waals surface area contributed by atoms with E-state index in [0.717, 1.165) is 3.57 Å². The van der Waals surface area contributed by atoms with Crippen molar-refractivity contribution in [2.45, 2.75) is 0 Å². The number of benzene rings is 1. The first-order valence-corrected chi connectivity index (χ1v) is 4.60. The molecule has 66 valence electrons. The second-order valence-corrected chi connectivity index (χ2v) is 3.37. The number of hydrogen-bond acceptors (Lipinski definition) is 2. The highest BCUT2D eigenvalue weighted by Crippen LogP contribution is 2.20. The molecule has 0 atom stereocenters. The third kappa shape index (κ3) is 2.60. The summed E-state index contributed by atoms with van der Waals surface area (Å²) in [4.78, 5) is 0. The topological polar surface area (TPSA) is 35.2 Å². The van der Waals surface area contributed by atoms with Gasteiger partial charge in [-0.1, -0.05) is 0 Å². The van der Waals surface area contributed by atoms with Crippen LogP contribution in [0.1, 0.15) is 0 Å². The smallest absolute Gasteiger partial charge is 0.132 e. The molecule has 2 nitrogen and oxygen atoms in total. The van der Waals surface area contributed by atoms with Crippen LogP contribution in [-0.2, 0) is 0 Å². The highest BCUT2D eigenvalue weighted by atomic mass is 127. The van der Waals surface area contributed by atoms with Gasteiger partial charge in [-0.3, -0.25) is 0 Å². The summed E-state index contributed by atoms with van der Waals surface area (Å²) >= 11 is 2.02. The van der Waals surface area contributed by atoms with Crippen molar-refractivity contribution in [1.82, 2.24) is 0 Å². The molecule has 0 heterocycles. The van der Waals surface area contributed by atoms with Crippen molar-refractivity contribution in [2.24, 2.45) is 5.73 Å². The van der Waals surface area contributed by atoms with Gasteiger partial charge >= 0.3 is 0 Å². The van der Waals surface area contributed by atoms with Gasteiger partial charge in [-0.05, 0) is 40.8 Å². The minimum Gasteiger partial charge on any atom is -0.491 e. The summed E-state index contributed by atoms with van der Waals surface area (Å²) in [6, 6.07) is 4.40. The van der Waals surface area contributed by atoms with Crippen LogP contribution in [0.3, 0.4) is 0 Å². The largest absolute Gasteiger partial charge is 0.491 e. The normalized spacial score (nSPS) is 9.92. The van der Waals surface area contributed by atoms with Gasteiger partial charge in [0, 0.05) is 6.54 Å². The molecule has 0 aliphatic rings. The fraction of sp³-hybridized carbons (Fsp3) is 0.250. The SMILES string of the molecule is NCCOc1ccc(F)cc1I. The summed E-state index contributed by atoms with van der Waals surface area (Å²) in [6.07, 6.45) is 0. The van der Waals surface area contributed by atoms with E-state index < -0.39 is 0 Å². The Hall–Kier alpha value is -0.360. The van der Waals surface area contributed by atoms with Gasteiger partial charge in [0.05, 0.1) is 3.57 Å². The lowest BCUT2D eigenvalue weighted by Gasteiger charge is -2.05. The van der Waals surface area contributed by atoms with Crippen molar-refractivity contribution in [1.29, 1.82) is 0 Å². The lowest BCUT2D eigenvalue weighted by Crippen LogP contribution is -2.11. The fourth-order valence-corrected chi connectivity index (χ4v) is 1.39. The molecule has 0 aromatic heterocycles. The van der Waals surface area contributed by atoms with Gasteiger partial charge in [0.15, 0.2) is 0 Å². The molecule has 0 spiro atoms. The Bertz CT molecular complexity index is 267. The van der Waals surface area contributed by atoms with Crippen molar-refractivity contribution in [2.75, 3.05) is 13.2 Å². The lowest BCUT2D eigenvalue weighted by molar-refractivity contribution is 0.325. The van der Waals surface area contributed by atoms with E-state index in [-0.39, 0.29) is 5.82 Å². The number of rotatable bonds is 3. The van der Waals surface area contributed by atoms with E-state index >= 15 is 0 Å². The first-order valence-electron chi connectivity index (χ1n) is 3.52. The van der Waals surface area contributed by atoms with E-state index in [1.807, 2.05) is 22.6 Å². The molecule has 0 bridgehead atoms. The first kappa shape index (κ1) is 9.73. The van der Waals surface area contributed by atoms with Gasteiger partial charge in [-0.25, -0.2) is 4.39 Å². The quantitative estimate of drug-likeness (QED) is 0.857. The molecule has 0 aliphatic carbocycles. The maximum atomic E-state index is 12.6. The van der Waals surface area contributed by atoms with E-state index in [1.165, 1.54) is 12.1 Å². The molecule has 1 aromatic carbocycles. The zero-order valence-corrected chi connectivity index (χ0v) is 8.55. The van der Waals surface area contributed by atoms with Gasteiger partial charge in [0.25, 0.3) is 0 Å². The van der Waals surface area contributed by atoms with Gasteiger partial charge in [0.1, 0.15) is 18.2 Å². The molecule has 1 rings (SSSR count). The van der Waals surface area contributed by atoms with Crippen molar-refractivity contribution in [3.05, 3.63) is 27.6 Å². The second-order valence-electron chi connectivity index (χ2n) is 2.21. The molecule has 1 aromatic rings. The Kier molecular flexibility index (Phi) is 3.74. The van der Waals surface area contributed by atoms with Crippen LogP contribution in [0.5, 0.6) is 5.75 Å². The minimum absolute atomic E-state index is 0.250. The zero-order valence-electron chi connectivity index (χ0n) is 6.39.